The molecular formula is C7H9N3O. The molecule has 1 aromatic rings. The first-order valence-electron chi connectivity index (χ1n) is 3.26. The summed E-state index contributed by atoms with van der Waals surface area (Å²) in [6.07, 6.45) is 0. The summed E-state index contributed by atoms with van der Waals surface area (Å²) in [4.78, 5) is 10.9. The molecule has 1 heterocycles. The Kier molecular flexibility index (Phi) is 2.15. The van der Waals surface area contributed by atoms with Crippen LogP contribution in [0.15, 0.2) is 12.1 Å². The molecule has 0 bridgehead atoms. The lowest BCUT2D eigenvalue weighted by Crippen LogP contribution is -2.19. The summed E-state index contributed by atoms with van der Waals surface area (Å²) in [5, 5.41) is 9.88. The van der Waals surface area contributed by atoms with Crippen molar-refractivity contribution in [1.82, 2.24) is 15.5 Å². The Morgan fingerprint density at radius 1 is 1.45 bits per heavy atom. The molecule has 1 aromatic heterocycles. The highest BCUT2D eigenvalue weighted by atomic mass is 16.1. The van der Waals surface area contributed by atoms with Crippen LogP contribution in [0.25, 0.3) is 0 Å². The molecule has 0 radical (unpaired) electrons. The van der Waals surface area contributed by atoms with Crippen LogP contribution in [0, 0.1) is 6.92 Å². The van der Waals surface area contributed by atoms with Crippen LogP contribution >= 0.6 is 0 Å². The van der Waals surface area contributed by atoms with Crippen molar-refractivity contribution in [3.63, 3.8) is 0 Å². The van der Waals surface area contributed by atoms with E-state index in [1.807, 2.05) is 6.92 Å². The second kappa shape index (κ2) is 3.09. The number of hydrogen-bond acceptors (Lipinski definition) is 3. The first kappa shape index (κ1) is 7.65. The van der Waals surface area contributed by atoms with E-state index in [1.54, 1.807) is 19.2 Å². The minimum absolute atomic E-state index is 0.211. The molecule has 0 aromatic carbocycles. The Hall–Kier alpha value is -1.45. The summed E-state index contributed by atoms with van der Waals surface area (Å²) in [7, 11) is 1.56. The monoisotopic (exact) mass is 151 g/mol. The van der Waals surface area contributed by atoms with Crippen LogP contribution in [-0.2, 0) is 0 Å². The maximum Gasteiger partial charge on any atom is 0.271 e. The average molecular weight is 151 g/mol. The SMILES string of the molecule is CNC(=O)c1ccc(C)nn1. The minimum atomic E-state index is -0.211. The maximum absolute atomic E-state index is 10.9. The molecule has 0 atom stereocenters. The summed E-state index contributed by atoms with van der Waals surface area (Å²) in [5.74, 6) is -0.211. The van der Waals surface area contributed by atoms with Crippen LogP contribution in [0.5, 0.6) is 0 Å². The molecule has 58 valence electrons. The van der Waals surface area contributed by atoms with Gasteiger partial charge in [-0.15, -0.1) is 5.10 Å². The fourth-order valence-corrected chi connectivity index (χ4v) is 0.648. The molecule has 0 aliphatic carbocycles. The van der Waals surface area contributed by atoms with Crippen LogP contribution in [0.2, 0.25) is 0 Å². The Morgan fingerprint density at radius 2 is 2.18 bits per heavy atom. The van der Waals surface area contributed by atoms with Gasteiger partial charge in [0.2, 0.25) is 0 Å². The van der Waals surface area contributed by atoms with Crippen molar-refractivity contribution in [2.45, 2.75) is 6.92 Å². The van der Waals surface area contributed by atoms with Crippen molar-refractivity contribution in [1.29, 1.82) is 0 Å². The van der Waals surface area contributed by atoms with E-state index in [9.17, 15) is 4.79 Å². The predicted molar refractivity (Wildman–Crippen MR) is 40.2 cm³/mol. The van der Waals surface area contributed by atoms with Crippen molar-refractivity contribution in [2.75, 3.05) is 7.05 Å². The number of amides is 1. The number of rotatable bonds is 1. The van der Waals surface area contributed by atoms with Gasteiger partial charge in [0.15, 0.2) is 5.69 Å². The van der Waals surface area contributed by atoms with Gasteiger partial charge in [-0.05, 0) is 19.1 Å². The zero-order chi connectivity index (χ0) is 8.27. The summed E-state index contributed by atoms with van der Waals surface area (Å²) in [6, 6.07) is 3.39. The molecule has 0 saturated heterocycles. The number of hydrogen-bond donors (Lipinski definition) is 1. The van der Waals surface area contributed by atoms with Crippen LogP contribution in [-0.4, -0.2) is 23.2 Å². The number of aryl methyl sites for hydroxylation is 1. The Bertz CT molecular complexity index is 255. The lowest BCUT2D eigenvalue weighted by molar-refractivity contribution is 0.0957. The van der Waals surface area contributed by atoms with E-state index in [2.05, 4.69) is 15.5 Å². The number of carbonyl (C=O) groups excluding carboxylic acids is 1. The Balaban J connectivity index is 2.90. The number of nitrogens with one attached hydrogen (secondary N) is 1. The first-order valence-corrected chi connectivity index (χ1v) is 3.26. The van der Waals surface area contributed by atoms with Crippen molar-refractivity contribution < 1.29 is 4.79 Å². The second-order valence-electron chi connectivity index (χ2n) is 2.14. The van der Waals surface area contributed by atoms with E-state index in [0.29, 0.717) is 5.69 Å². The van der Waals surface area contributed by atoms with Crippen molar-refractivity contribution in [2.24, 2.45) is 0 Å². The van der Waals surface area contributed by atoms with Crippen LogP contribution in [0.4, 0.5) is 0 Å². The normalized spacial score (nSPS) is 9.27. The van der Waals surface area contributed by atoms with E-state index in [1.165, 1.54) is 0 Å². The summed E-state index contributed by atoms with van der Waals surface area (Å²) in [5.41, 5.74) is 1.15. The highest BCUT2D eigenvalue weighted by Crippen LogP contribution is 1.93. The summed E-state index contributed by atoms with van der Waals surface area (Å²) in [6.45, 7) is 1.82. The number of carbonyl (C=O) groups is 1. The van der Waals surface area contributed by atoms with E-state index < -0.39 is 0 Å². The standard InChI is InChI=1S/C7H9N3O/c1-5-3-4-6(10-9-5)7(11)8-2/h3-4H,1-2H3,(H,8,11). The van der Waals surface area contributed by atoms with Gasteiger partial charge in [-0.25, -0.2) is 0 Å². The van der Waals surface area contributed by atoms with Gasteiger partial charge < -0.3 is 5.32 Å². The Labute approximate surface area is 64.6 Å². The van der Waals surface area contributed by atoms with Crippen LogP contribution in [0.1, 0.15) is 16.2 Å². The highest BCUT2D eigenvalue weighted by Gasteiger charge is 2.02. The maximum atomic E-state index is 10.9. The molecule has 1 N–H and O–H groups in total. The van der Waals surface area contributed by atoms with Gasteiger partial charge in [-0.2, -0.15) is 5.10 Å². The third-order valence-electron chi connectivity index (χ3n) is 1.26. The van der Waals surface area contributed by atoms with E-state index in [0.717, 1.165) is 5.69 Å². The Morgan fingerprint density at radius 3 is 2.64 bits per heavy atom. The van der Waals surface area contributed by atoms with E-state index in [-0.39, 0.29) is 5.91 Å². The van der Waals surface area contributed by atoms with Gasteiger partial charge in [0.25, 0.3) is 5.91 Å². The molecule has 0 aliphatic rings. The van der Waals surface area contributed by atoms with Gasteiger partial charge in [0.05, 0.1) is 5.69 Å². The molecule has 4 nitrogen and oxygen atoms in total. The van der Waals surface area contributed by atoms with Crippen LogP contribution < -0.4 is 5.32 Å². The smallest absolute Gasteiger partial charge is 0.271 e. The highest BCUT2D eigenvalue weighted by molar-refractivity contribution is 5.91. The third-order valence-corrected chi connectivity index (χ3v) is 1.26. The molecule has 1 amide bonds. The lowest BCUT2D eigenvalue weighted by Gasteiger charge is -1.96. The molecule has 0 fully saturated rings. The molecule has 4 heteroatoms. The number of nitrogens with zero attached hydrogens (tertiary/aromatic N) is 2. The largest absolute Gasteiger partial charge is 0.354 e. The molecule has 0 unspecified atom stereocenters. The number of aromatic nitrogens is 2. The fraction of sp³-hybridized carbons (Fsp3) is 0.286. The van der Waals surface area contributed by atoms with Crippen molar-refractivity contribution in [3.8, 4) is 0 Å². The molecule has 11 heavy (non-hydrogen) atoms. The zero-order valence-corrected chi connectivity index (χ0v) is 6.46. The zero-order valence-electron chi connectivity index (χ0n) is 6.46. The molecule has 1 rings (SSSR count). The quantitative estimate of drug-likeness (QED) is 0.621. The lowest BCUT2D eigenvalue weighted by atomic mass is 10.3. The third kappa shape index (κ3) is 1.73. The molecule has 0 aliphatic heterocycles. The van der Waals surface area contributed by atoms with Crippen molar-refractivity contribution in [3.05, 3.63) is 23.5 Å². The molecular weight excluding hydrogens is 142 g/mol. The second-order valence-corrected chi connectivity index (χ2v) is 2.14. The predicted octanol–water partition coefficient (Wildman–Crippen LogP) is 0.145. The first-order chi connectivity index (χ1) is 5.24. The summed E-state index contributed by atoms with van der Waals surface area (Å²) < 4.78 is 0. The van der Waals surface area contributed by atoms with Gasteiger partial charge >= 0.3 is 0 Å². The van der Waals surface area contributed by atoms with E-state index >= 15 is 0 Å². The topological polar surface area (TPSA) is 54.9 Å². The van der Waals surface area contributed by atoms with Crippen LogP contribution in [0.3, 0.4) is 0 Å². The van der Waals surface area contributed by atoms with Gasteiger partial charge in [0, 0.05) is 7.05 Å². The van der Waals surface area contributed by atoms with Gasteiger partial charge in [-0.3, -0.25) is 4.79 Å². The molecule has 0 saturated carbocycles. The van der Waals surface area contributed by atoms with E-state index in [4.69, 9.17) is 0 Å². The van der Waals surface area contributed by atoms with Crippen molar-refractivity contribution >= 4 is 5.91 Å². The van der Waals surface area contributed by atoms with Gasteiger partial charge in [0.1, 0.15) is 0 Å². The fourth-order valence-electron chi connectivity index (χ4n) is 0.648. The summed E-state index contributed by atoms with van der Waals surface area (Å²) >= 11 is 0. The average Bonchev–Trinajstić information content (AvgIpc) is 2.05. The molecule has 0 spiro atoms. The minimum Gasteiger partial charge on any atom is -0.354 e. The van der Waals surface area contributed by atoms with Gasteiger partial charge in [-0.1, -0.05) is 0 Å².